The molecule has 19 heavy (non-hydrogen) atoms. The number of hydrogen-bond acceptors (Lipinski definition) is 2. The van der Waals surface area contributed by atoms with E-state index in [0.29, 0.717) is 12.1 Å². The third kappa shape index (κ3) is 2.65. The zero-order valence-electron chi connectivity index (χ0n) is 11.4. The van der Waals surface area contributed by atoms with E-state index < -0.39 is 35.8 Å². The smallest absolute Gasteiger partial charge is 0.403 e. The van der Waals surface area contributed by atoms with Crippen molar-refractivity contribution in [3.05, 3.63) is 35.1 Å². The fraction of sp³-hybridized carbons (Fsp3) is 0.538. The molecule has 2 rings (SSSR count). The molecule has 0 amide bonds. The summed E-state index contributed by atoms with van der Waals surface area (Å²) in [5, 5.41) is 0. The van der Waals surface area contributed by atoms with Gasteiger partial charge in [-0.25, -0.2) is 13.2 Å². The van der Waals surface area contributed by atoms with Gasteiger partial charge in [0.15, 0.2) is 0 Å². The van der Waals surface area contributed by atoms with Crippen molar-refractivity contribution >= 4 is 7.12 Å². The van der Waals surface area contributed by atoms with Gasteiger partial charge in [-0.1, -0.05) is 0 Å². The Labute approximate surface area is 111 Å². The standard InChI is InChI=1S/C13H16BF3O2/c1-12(2)13(3,4)19-14(18-12)7-9-10(16)5-8(15)6-11(9)17/h5-6H,7H2,1-4H3. The first-order chi connectivity index (χ1) is 8.62. The third-order valence-electron chi connectivity index (χ3n) is 3.78. The number of rotatable bonds is 2. The van der Waals surface area contributed by atoms with E-state index in [4.69, 9.17) is 9.31 Å². The van der Waals surface area contributed by atoms with Crippen LogP contribution in [0.3, 0.4) is 0 Å². The summed E-state index contributed by atoms with van der Waals surface area (Å²) >= 11 is 0. The summed E-state index contributed by atoms with van der Waals surface area (Å²) in [5.41, 5.74) is -1.35. The van der Waals surface area contributed by atoms with E-state index >= 15 is 0 Å². The molecule has 0 spiro atoms. The molecule has 0 aromatic heterocycles. The van der Waals surface area contributed by atoms with Crippen LogP contribution in [0.25, 0.3) is 0 Å². The fourth-order valence-corrected chi connectivity index (χ4v) is 1.98. The van der Waals surface area contributed by atoms with Crippen LogP contribution in [-0.2, 0) is 15.6 Å². The van der Waals surface area contributed by atoms with Crippen LogP contribution in [0.2, 0.25) is 0 Å². The van der Waals surface area contributed by atoms with Crippen LogP contribution in [0.5, 0.6) is 0 Å². The topological polar surface area (TPSA) is 18.5 Å². The van der Waals surface area contributed by atoms with Crippen molar-refractivity contribution in [3.8, 4) is 0 Å². The molecule has 6 heteroatoms. The first-order valence-corrected chi connectivity index (χ1v) is 6.11. The molecule has 1 aliphatic rings. The maximum atomic E-state index is 13.6. The van der Waals surface area contributed by atoms with Crippen molar-refractivity contribution < 1.29 is 22.5 Å². The Morgan fingerprint density at radius 3 is 1.79 bits per heavy atom. The Morgan fingerprint density at radius 1 is 0.947 bits per heavy atom. The zero-order chi connectivity index (χ0) is 14.4. The summed E-state index contributed by atoms with van der Waals surface area (Å²) in [5.74, 6) is -2.79. The summed E-state index contributed by atoms with van der Waals surface area (Å²) in [6, 6.07) is 1.31. The van der Waals surface area contributed by atoms with Gasteiger partial charge in [-0.3, -0.25) is 0 Å². The van der Waals surface area contributed by atoms with E-state index in [9.17, 15) is 13.2 Å². The molecule has 1 fully saturated rings. The number of benzene rings is 1. The number of hydrogen-bond donors (Lipinski definition) is 0. The van der Waals surface area contributed by atoms with Gasteiger partial charge in [-0.05, 0) is 27.7 Å². The van der Waals surface area contributed by atoms with E-state index in [2.05, 4.69) is 0 Å². The molecule has 1 aromatic rings. The van der Waals surface area contributed by atoms with Gasteiger partial charge >= 0.3 is 7.12 Å². The van der Waals surface area contributed by atoms with E-state index in [1.54, 1.807) is 0 Å². The van der Waals surface area contributed by atoms with Gasteiger partial charge in [0, 0.05) is 24.0 Å². The Kier molecular flexibility index (Phi) is 3.43. The molecule has 0 atom stereocenters. The van der Waals surface area contributed by atoms with Crippen molar-refractivity contribution in [2.45, 2.75) is 45.2 Å². The first-order valence-electron chi connectivity index (χ1n) is 6.11. The molecule has 0 bridgehead atoms. The van der Waals surface area contributed by atoms with E-state index in [0.717, 1.165) is 0 Å². The van der Waals surface area contributed by atoms with Gasteiger partial charge in [-0.2, -0.15) is 0 Å². The van der Waals surface area contributed by atoms with Crippen molar-refractivity contribution in [2.24, 2.45) is 0 Å². The highest BCUT2D eigenvalue weighted by Crippen LogP contribution is 2.37. The summed E-state index contributed by atoms with van der Waals surface area (Å²) in [6.45, 7) is 7.41. The minimum absolute atomic E-state index is 0.0925. The van der Waals surface area contributed by atoms with Crippen molar-refractivity contribution in [2.75, 3.05) is 0 Å². The summed E-state index contributed by atoms with van der Waals surface area (Å²) < 4.78 is 51.3. The Bertz CT molecular complexity index is 464. The first kappa shape index (κ1) is 14.4. The van der Waals surface area contributed by atoms with Crippen molar-refractivity contribution in [1.82, 2.24) is 0 Å². The van der Waals surface area contributed by atoms with Crippen LogP contribution in [0, 0.1) is 17.5 Å². The second-order valence-electron chi connectivity index (χ2n) is 5.74. The lowest BCUT2D eigenvalue weighted by atomic mass is 9.80. The molecule has 1 saturated heterocycles. The summed E-state index contributed by atoms with van der Waals surface area (Å²) in [6.07, 6.45) is -0.0925. The molecule has 2 nitrogen and oxygen atoms in total. The third-order valence-corrected chi connectivity index (χ3v) is 3.78. The zero-order valence-corrected chi connectivity index (χ0v) is 11.4. The molecule has 0 N–H and O–H groups in total. The Hall–Kier alpha value is -1.01. The van der Waals surface area contributed by atoms with E-state index in [-0.39, 0.29) is 11.9 Å². The summed E-state index contributed by atoms with van der Waals surface area (Å²) in [4.78, 5) is 0. The Balaban J connectivity index is 2.21. The second kappa shape index (κ2) is 4.53. The predicted octanol–water partition coefficient (Wildman–Crippen LogP) is 3.28. The largest absolute Gasteiger partial charge is 0.462 e. The molecule has 1 aromatic carbocycles. The normalized spacial score (nSPS) is 20.9. The molecule has 1 aliphatic heterocycles. The Morgan fingerprint density at radius 2 is 1.37 bits per heavy atom. The van der Waals surface area contributed by atoms with Crippen LogP contribution in [0.1, 0.15) is 33.3 Å². The molecule has 1 heterocycles. The minimum atomic E-state index is -0.937. The van der Waals surface area contributed by atoms with Gasteiger partial charge in [0.05, 0.1) is 11.2 Å². The molecule has 0 saturated carbocycles. The van der Waals surface area contributed by atoms with E-state index in [1.165, 1.54) is 0 Å². The lowest BCUT2D eigenvalue weighted by Crippen LogP contribution is -2.41. The van der Waals surface area contributed by atoms with Crippen molar-refractivity contribution in [1.29, 1.82) is 0 Å². The average molecular weight is 272 g/mol. The molecular weight excluding hydrogens is 256 g/mol. The monoisotopic (exact) mass is 272 g/mol. The van der Waals surface area contributed by atoms with Crippen LogP contribution in [0.15, 0.2) is 12.1 Å². The SMILES string of the molecule is CC1(C)OB(Cc2c(F)cc(F)cc2F)OC1(C)C. The van der Waals surface area contributed by atoms with Gasteiger partial charge in [-0.15, -0.1) is 0 Å². The van der Waals surface area contributed by atoms with Gasteiger partial charge in [0.2, 0.25) is 0 Å². The molecule has 104 valence electrons. The average Bonchev–Trinajstić information content (AvgIpc) is 2.41. The molecule has 0 unspecified atom stereocenters. The lowest BCUT2D eigenvalue weighted by molar-refractivity contribution is 0.00578. The molecular formula is C13H16BF3O2. The summed E-state index contributed by atoms with van der Waals surface area (Å²) in [7, 11) is -0.750. The minimum Gasteiger partial charge on any atom is -0.403 e. The van der Waals surface area contributed by atoms with Gasteiger partial charge in [0.1, 0.15) is 17.5 Å². The van der Waals surface area contributed by atoms with Crippen molar-refractivity contribution in [3.63, 3.8) is 0 Å². The second-order valence-corrected chi connectivity index (χ2v) is 5.74. The lowest BCUT2D eigenvalue weighted by Gasteiger charge is -2.32. The predicted molar refractivity (Wildman–Crippen MR) is 66.1 cm³/mol. The highest BCUT2D eigenvalue weighted by atomic mass is 19.1. The van der Waals surface area contributed by atoms with Crippen LogP contribution < -0.4 is 0 Å². The fourth-order valence-electron chi connectivity index (χ4n) is 1.98. The van der Waals surface area contributed by atoms with Gasteiger partial charge < -0.3 is 9.31 Å². The van der Waals surface area contributed by atoms with E-state index in [1.807, 2.05) is 27.7 Å². The molecule has 0 radical (unpaired) electrons. The highest BCUT2D eigenvalue weighted by Gasteiger charge is 2.51. The number of halogens is 3. The van der Waals surface area contributed by atoms with Gasteiger partial charge in [0.25, 0.3) is 0 Å². The van der Waals surface area contributed by atoms with Crippen LogP contribution >= 0.6 is 0 Å². The highest BCUT2D eigenvalue weighted by molar-refractivity contribution is 6.45. The molecule has 0 aliphatic carbocycles. The van der Waals surface area contributed by atoms with Crippen LogP contribution in [0.4, 0.5) is 13.2 Å². The maximum absolute atomic E-state index is 13.6. The quantitative estimate of drug-likeness (QED) is 0.769. The maximum Gasteiger partial charge on any atom is 0.462 e. The van der Waals surface area contributed by atoms with Crippen LogP contribution in [-0.4, -0.2) is 18.3 Å².